The van der Waals surface area contributed by atoms with Gasteiger partial charge in [0.2, 0.25) is 0 Å². The molecule has 1 atom stereocenters. The predicted molar refractivity (Wildman–Crippen MR) is 395 cm³/mol. The van der Waals surface area contributed by atoms with E-state index in [0.717, 1.165) is 32.1 Å². The van der Waals surface area contributed by atoms with Crippen LogP contribution in [0.5, 0.6) is 0 Å². The van der Waals surface area contributed by atoms with E-state index in [1.54, 1.807) is 0 Å². The highest BCUT2D eigenvalue weighted by Crippen LogP contribution is 2.21. The second-order valence-electron chi connectivity index (χ2n) is 28.9. The van der Waals surface area contributed by atoms with Crippen LogP contribution in [0, 0.1) is 0 Å². The van der Waals surface area contributed by atoms with Crippen LogP contribution in [0.3, 0.4) is 0 Å². The molecule has 0 aromatic rings. The lowest BCUT2D eigenvalue weighted by Gasteiger charge is -2.15. The van der Waals surface area contributed by atoms with E-state index < -0.39 is 6.10 Å². The summed E-state index contributed by atoms with van der Waals surface area (Å²) in [5, 5.41) is 9.73. The highest BCUT2D eigenvalue weighted by atomic mass is 16.6. The van der Waals surface area contributed by atoms with Crippen molar-refractivity contribution in [3.8, 4) is 0 Å². The standard InChI is InChI=1S/C84H164O5/c1-3-5-7-9-11-13-15-17-19-21-23-25-27-29-31-33-35-37-39-41-42-43-45-47-49-51-53-55-57-59-61-63-65-67-69-71-73-75-77-79-84(87)89-82(80-85)81-88-83(86)78-76-74-72-70-68-66-64-62-60-58-56-54-52-50-48-46-44-40-38-36-34-32-30-28-26-24-22-20-18-16-14-12-10-8-6-4-2/h21,23,82,85H,3-20,22,24-81H2,1-2H3/b23-21-. The molecular weight excluding hydrogens is 1090 g/mol. The van der Waals surface area contributed by atoms with Gasteiger partial charge in [-0.05, 0) is 38.5 Å². The molecule has 5 nitrogen and oxygen atoms in total. The van der Waals surface area contributed by atoms with Crippen LogP contribution in [0.1, 0.15) is 495 Å². The summed E-state index contributed by atoms with van der Waals surface area (Å²) in [4.78, 5) is 24.7. The SMILES string of the molecule is CCCCCCCCCC/C=C\CCCCCCCCCCCCCCCCCCCCCCCCCCCCCC(=O)OC(CO)COC(=O)CCCCCCCCCCCCCCCCCCCCCCCCCCCCCCCCCCCCCC. The molecule has 0 aliphatic carbocycles. The Bertz CT molecular complexity index is 1330. The van der Waals surface area contributed by atoms with Crippen molar-refractivity contribution in [3.05, 3.63) is 12.2 Å². The van der Waals surface area contributed by atoms with Gasteiger partial charge in [-0.25, -0.2) is 0 Å². The summed E-state index contributed by atoms with van der Waals surface area (Å²) in [5.41, 5.74) is 0. The summed E-state index contributed by atoms with van der Waals surface area (Å²) >= 11 is 0. The summed E-state index contributed by atoms with van der Waals surface area (Å²) in [7, 11) is 0. The molecular formula is C84H164O5. The molecule has 0 radical (unpaired) electrons. The molecule has 1 N–H and O–H groups in total. The number of aliphatic hydroxyl groups is 1. The van der Waals surface area contributed by atoms with E-state index in [4.69, 9.17) is 9.47 Å². The third-order valence-electron chi connectivity index (χ3n) is 19.8. The Morgan fingerprint density at radius 1 is 0.247 bits per heavy atom. The molecule has 0 amide bonds. The predicted octanol–water partition coefficient (Wildman–Crippen LogP) is 29.3. The summed E-state index contributed by atoms with van der Waals surface area (Å²) in [6.07, 6.45) is 106. The molecule has 0 aromatic carbocycles. The highest BCUT2D eigenvalue weighted by Gasteiger charge is 2.16. The zero-order valence-electron chi connectivity index (χ0n) is 61.3. The van der Waals surface area contributed by atoms with Gasteiger partial charge in [-0.15, -0.1) is 0 Å². The van der Waals surface area contributed by atoms with Crippen LogP contribution in [-0.4, -0.2) is 36.4 Å². The Balaban J connectivity index is 3.33. The Morgan fingerprint density at radius 2 is 0.416 bits per heavy atom. The molecule has 0 bridgehead atoms. The summed E-state index contributed by atoms with van der Waals surface area (Å²) in [6.45, 7) is 4.23. The maximum absolute atomic E-state index is 12.4. The number of allylic oxidation sites excluding steroid dienone is 2. The van der Waals surface area contributed by atoms with Crippen molar-refractivity contribution in [1.29, 1.82) is 0 Å². The maximum Gasteiger partial charge on any atom is 0.306 e. The molecule has 0 fully saturated rings. The number of carbonyl (C=O) groups excluding carboxylic acids is 2. The fourth-order valence-electron chi connectivity index (χ4n) is 13.6. The van der Waals surface area contributed by atoms with Gasteiger partial charge in [-0.2, -0.15) is 0 Å². The van der Waals surface area contributed by atoms with E-state index in [9.17, 15) is 14.7 Å². The van der Waals surface area contributed by atoms with Gasteiger partial charge in [0.05, 0.1) is 6.61 Å². The third kappa shape index (κ3) is 79.0. The Hall–Kier alpha value is -1.36. The van der Waals surface area contributed by atoms with Gasteiger partial charge in [0.1, 0.15) is 6.61 Å². The van der Waals surface area contributed by atoms with Crippen molar-refractivity contribution >= 4 is 11.9 Å². The first-order chi connectivity index (χ1) is 44.1. The Kier molecular flexibility index (Phi) is 79.6. The largest absolute Gasteiger partial charge is 0.462 e. The molecule has 0 heterocycles. The van der Waals surface area contributed by atoms with Crippen molar-refractivity contribution < 1.29 is 24.2 Å². The van der Waals surface area contributed by atoms with Crippen LogP contribution >= 0.6 is 0 Å². The van der Waals surface area contributed by atoms with Crippen LogP contribution in [0.2, 0.25) is 0 Å². The van der Waals surface area contributed by atoms with Crippen molar-refractivity contribution in [2.24, 2.45) is 0 Å². The van der Waals surface area contributed by atoms with Crippen LogP contribution in [0.15, 0.2) is 12.2 Å². The smallest absolute Gasteiger partial charge is 0.306 e. The first kappa shape index (κ1) is 87.6. The van der Waals surface area contributed by atoms with Gasteiger partial charge in [0.25, 0.3) is 0 Å². The van der Waals surface area contributed by atoms with Crippen molar-refractivity contribution in [3.63, 3.8) is 0 Å². The summed E-state index contributed by atoms with van der Waals surface area (Å²) < 4.78 is 10.8. The van der Waals surface area contributed by atoms with Gasteiger partial charge in [-0.1, -0.05) is 456 Å². The van der Waals surface area contributed by atoms with E-state index in [1.807, 2.05) is 0 Å². The Labute approximate surface area is 560 Å². The highest BCUT2D eigenvalue weighted by molar-refractivity contribution is 5.70. The molecule has 0 rings (SSSR count). The number of esters is 2. The number of ether oxygens (including phenoxy) is 2. The van der Waals surface area contributed by atoms with Crippen LogP contribution in [0.4, 0.5) is 0 Å². The summed E-state index contributed by atoms with van der Waals surface area (Å²) in [6, 6.07) is 0. The molecule has 0 aromatic heterocycles. The average Bonchev–Trinajstić information content (AvgIpc) is 3.55. The summed E-state index contributed by atoms with van der Waals surface area (Å²) in [5.74, 6) is -0.556. The van der Waals surface area contributed by atoms with E-state index in [2.05, 4.69) is 26.0 Å². The minimum atomic E-state index is -0.768. The number of carbonyl (C=O) groups is 2. The topological polar surface area (TPSA) is 72.8 Å². The number of hydrogen-bond acceptors (Lipinski definition) is 5. The molecule has 0 spiro atoms. The second-order valence-corrected chi connectivity index (χ2v) is 28.9. The minimum Gasteiger partial charge on any atom is -0.462 e. The van der Waals surface area contributed by atoms with E-state index in [-0.39, 0.29) is 25.2 Å². The van der Waals surface area contributed by atoms with Gasteiger partial charge in [0.15, 0.2) is 6.10 Å². The lowest BCUT2D eigenvalue weighted by molar-refractivity contribution is -0.161. The fourth-order valence-corrected chi connectivity index (χ4v) is 13.6. The number of rotatable bonds is 80. The van der Waals surface area contributed by atoms with Gasteiger partial charge < -0.3 is 14.6 Å². The van der Waals surface area contributed by atoms with Crippen LogP contribution < -0.4 is 0 Å². The number of unbranched alkanes of at least 4 members (excludes halogenated alkanes) is 70. The molecule has 0 saturated carbocycles. The van der Waals surface area contributed by atoms with Gasteiger partial charge >= 0.3 is 11.9 Å². The lowest BCUT2D eigenvalue weighted by Crippen LogP contribution is -2.28. The molecule has 530 valence electrons. The van der Waals surface area contributed by atoms with E-state index in [1.165, 1.54) is 437 Å². The molecule has 0 aliphatic heterocycles. The third-order valence-corrected chi connectivity index (χ3v) is 19.8. The first-order valence-electron chi connectivity index (χ1n) is 41.7. The van der Waals surface area contributed by atoms with Crippen LogP contribution in [0.25, 0.3) is 0 Å². The normalized spacial score (nSPS) is 12.1. The molecule has 1 unspecified atom stereocenters. The quantitative estimate of drug-likeness (QED) is 0.0373. The van der Waals surface area contributed by atoms with Crippen molar-refractivity contribution in [2.45, 2.75) is 502 Å². The first-order valence-corrected chi connectivity index (χ1v) is 41.7. The lowest BCUT2D eigenvalue weighted by atomic mass is 10.0. The fraction of sp³-hybridized carbons (Fsp3) is 0.952. The minimum absolute atomic E-state index is 0.0559. The van der Waals surface area contributed by atoms with Crippen molar-refractivity contribution in [2.75, 3.05) is 13.2 Å². The molecule has 0 saturated heterocycles. The zero-order valence-corrected chi connectivity index (χ0v) is 61.3. The monoisotopic (exact) mass is 1250 g/mol. The van der Waals surface area contributed by atoms with Gasteiger partial charge in [0, 0.05) is 12.8 Å². The Morgan fingerprint density at radius 3 is 0.607 bits per heavy atom. The van der Waals surface area contributed by atoms with Crippen molar-refractivity contribution in [1.82, 2.24) is 0 Å². The molecule has 89 heavy (non-hydrogen) atoms. The van der Waals surface area contributed by atoms with Gasteiger partial charge in [-0.3, -0.25) is 9.59 Å². The average molecular weight is 1250 g/mol. The second kappa shape index (κ2) is 80.9. The number of aliphatic hydroxyl groups excluding tert-OH is 1. The maximum atomic E-state index is 12.4. The molecule has 5 heteroatoms. The van der Waals surface area contributed by atoms with E-state index in [0.29, 0.717) is 12.8 Å². The number of hydrogen-bond donors (Lipinski definition) is 1. The molecule has 0 aliphatic rings. The van der Waals surface area contributed by atoms with Crippen LogP contribution in [-0.2, 0) is 19.1 Å². The zero-order chi connectivity index (χ0) is 64.0. The van der Waals surface area contributed by atoms with E-state index >= 15 is 0 Å².